The molecule has 0 spiro atoms. The van der Waals surface area contributed by atoms with Crippen LogP contribution in [-0.4, -0.2) is 28.3 Å². The number of para-hydroxylation sites is 1. The monoisotopic (exact) mass is 269 g/mol. The van der Waals surface area contributed by atoms with Gasteiger partial charge in [-0.1, -0.05) is 18.2 Å². The summed E-state index contributed by atoms with van der Waals surface area (Å²) in [6.45, 7) is 0. The van der Waals surface area contributed by atoms with Crippen molar-refractivity contribution in [2.75, 3.05) is 10.6 Å². The van der Waals surface area contributed by atoms with Crippen LogP contribution in [0.4, 0.5) is 11.4 Å². The van der Waals surface area contributed by atoms with Gasteiger partial charge in [0.05, 0.1) is 29.2 Å². The van der Waals surface area contributed by atoms with Gasteiger partial charge in [-0.15, -0.1) is 0 Å². The Kier molecular flexibility index (Phi) is 2.60. The van der Waals surface area contributed by atoms with E-state index >= 15 is 0 Å². The predicted octanol–water partition coefficient (Wildman–Crippen LogP) is 2.31. The second-order valence-corrected chi connectivity index (χ2v) is 6.00. The number of pyridine rings is 1. The Bertz CT molecular complexity index is 643. The van der Waals surface area contributed by atoms with Crippen LogP contribution in [0.15, 0.2) is 30.5 Å². The molecule has 0 amide bonds. The first kappa shape index (κ1) is 12.0. The van der Waals surface area contributed by atoms with E-state index in [0.717, 1.165) is 48.0 Å². The maximum Gasteiger partial charge on any atom is 0.0745 e. The number of benzene rings is 1. The van der Waals surface area contributed by atoms with Crippen LogP contribution in [0.25, 0.3) is 10.9 Å². The number of aliphatic hydroxyl groups is 1. The van der Waals surface area contributed by atoms with E-state index in [9.17, 15) is 5.11 Å². The van der Waals surface area contributed by atoms with Crippen LogP contribution in [0.1, 0.15) is 25.7 Å². The van der Waals surface area contributed by atoms with Gasteiger partial charge in [0.2, 0.25) is 0 Å². The molecule has 3 N–H and O–H groups in total. The van der Waals surface area contributed by atoms with Gasteiger partial charge in [0.25, 0.3) is 0 Å². The summed E-state index contributed by atoms with van der Waals surface area (Å²) in [5.74, 6) is 0. The number of nitrogen functional groups attached to an aromatic ring is 1. The number of hydrogen-bond acceptors (Lipinski definition) is 4. The first-order chi connectivity index (χ1) is 9.74. The minimum absolute atomic E-state index is 0.155. The molecule has 2 atom stereocenters. The number of rotatable bonds is 1. The lowest BCUT2D eigenvalue weighted by Crippen LogP contribution is -2.45. The fourth-order valence-corrected chi connectivity index (χ4v) is 3.94. The fourth-order valence-electron chi connectivity index (χ4n) is 3.94. The third-order valence-electron chi connectivity index (χ3n) is 4.74. The first-order valence-electron chi connectivity index (χ1n) is 7.33. The predicted molar refractivity (Wildman–Crippen MR) is 80.7 cm³/mol. The zero-order valence-corrected chi connectivity index (χ0v) is 11.4. The molecule has 1 aromatic carbocycles. The zero-order chi connectivity index (χ0) is 13.7. The van der Waals surface area contributed by atoms with Crippen LogP contribution in [0.3, 0.4) is 0 Å². The number of aromatic nitrogens is 1. The molecule has 4 rings (SSSR count). The highest BCUT2D eigenvalue weighted by Crippen LogP contribution is 2.44. The standard InChI is InChI=1S/C16H19N3O/c17-14-9-18-15-4-2-1-3-13(15)16(14)19-10-5-6-11(19)8-12(20)7-10/h1-4,9-12,20H,5-8,17H2. The number of anilines is 2. The summed E-state index contributed by atoms with van der Waals surface area (Å²) in [6, 6.07) is 8.99. The highest BCUT2D eigenvalue weighted by atomic mass is 16.3. The minimum atomic E-state index is -0.155. The van der Waals surface area contributed by atoms with Crippen molar-refractivity contribution >= 4 is 22.3 Å². The number of hydrogen-bond donors (Lipinski definition) is 2. The lowest BCUT2D eigenvalue weighted by Gasteiger charge is -2.40. The summed E-state index contributed by atoms with van der Waals surface area (Å²) in [6.07, 6.45) is 5.62. The van der Waals surface area contributed by atoms with E-state index in [-0.39, 0.29) is 6.10 Å². The highest BCUT2D eigenvalue weighted by Gasteiger charge is 2.41. The SMILES string of the molecule is Nc1cnc2ccccc2c1N1C2CCC1CC(O)C2. The van der Waals surface area contributed by atoms with E-state index in [2.05, 4.69) is 16.0 Å². The molecule has 4 heteroatoms. The highest BCUT2D eigenvalue weighted by molar-refractivity contribution is 5.97. The Morgan fingerprint density at radius 2 is 1.85 bits per heavy atom. The van der Waals surface area contributed by atoms with Crippen LogP contribution < -0.4 is 10.6 Å². The van der Waals surface area contributed by atoms with E-state index in [0.29, 0.717) is 12.1 Å². The lowest BCUT2D eigenvalue weighted by atomic mass is 9.98. The van der Waals surface area contributed by atoms with Crippen molar-refractivity contribution in [3.63, 3.8) is 0 Å². The van der Waals surface area contributed by atoms with Crippen molar-refractivity contribution in [1.82, 2.24) is 4.98 Å². The van der Waals surface area contributed by atoms with Gasteiger partial charge in [-0.05, 0) is 31.7 Å². The van der Waals surface area contributed by atoms with E-state index in [1.54, 1.807) is 6.20 Å². The second kappa shape index (κ2) is 4.35. The van der Waals surface area contributed by atoms with Crippen LogP contribution >= 0.6 is 0 Å². The molecular weight excluding hydrogens is 250 g/mol. The summed E-state index contributed by atoms with van der Waals surface area (Å²) in [7, 11) is 0. The Morgan fingerprint density at radius 1 is 1.15 bits per heavy atom. The van der Waals surface area contributed by atoms with Crippen molar-refractivity contribution < 1.29 is 5.11 Å². The molecule has 1 aromatic heterocycles. The maximum atomic E-state index is 9.97. The molecule has 2 aliphatic rings. The summed E-state index contributed by atoms with van der Waals surface area (Å²) < 4.78 is 0. The van der Waals surface area contributed by atoms with Gasteiger partial charge in [-0.3, -0.25) is 4.98 Å². The number of nitrogens with two attached hydrogens (primary N) is 1. The van der Waals surface area contributed by atoms with E-state index < -0.39 is 0 Å². The molecule has 2 aliphatic heterocycles. The van der Waals surface area contributed by atoms with Gasteiger partial charge in [-0.2, -0.15) is 0 Å². The second-order valence-electron chi connectivity index (χ2n) is 6.00. The van der Waals surface area contributed by atoms with Crippen LogP contribution in [0, 0.1) is 0 Å². The Hall–Kier alpha value is -1.81. The summed E-state index contributed by atoms with van der Waals surface area (Å²) >= 11 is 0. The summed E-state index contributed by atoms with van der Waals surface area (Å²) in [5.41, 5.74) is 9.09. The molecule has 4 nitrogen and oxygen atoms in total. The number of piperidine rings is 1. The van der Waals surface area contributed by atoms with Gasteiger partial charge in [0.15, 0.2) is 0 Å². The van der Waals surface area contributed by atoms with Gasteiger partial charge < -0.3 is 15.7 Å². The molecule has 0 radical (unpaired) electrons. The van der Waals surface area contributed by atoms with Crippen molar-refractivity contribution in [3.05, 3.63) is 30.5 Å². The fraction of sp³-hybridized carbons (Fsp3) is 0.438. The Morgan fingerprint density at radius 3 is 2.60 bits per heavy atom. The molecule has 2 unspecified atom stereocenters. The zero-order valence-electron chi connectivity index (χ0n) is 11.4. The third-order valence-corrected chi connectivity index (χ3v) is 4.74. The summed E-state index contributed by atoms with van der Waals surface area (Å²) in [5, 5.41) is 11.1. The molecular formula is C16H19N3O. The Balaban J connectivity index is 1.88. The van der Waals surface area contributed by atoms with E-state index in [1.807, 2.05) is 18.2 Å². The molecule has 2 saturated heterocycles. The summed E-state index contributed by atoms with van der Waals surface area (Å²) in [4.78, 5) is 6.87. The lowest BCUT2D eigenvalue weighted by molar-refractivity contribution is 0.126. The molecule has 2 aromatic rings. The number of nitrogens with zero attached hydrogens (tertiary/aromatic N) is 2. The van der Waals surface area contributed by atoms with Crippen LogP contribution in [0.2, 0.25) is 0 Å². The molecule has 20 heavy (non-hydrogen) atoms. The van der Waals surface area contributed by atoms with Crippen molar-refractivity contribution in [3.8, 4) is 0 Å². The van der Waals surface area contributed by atoms with Gasteiger partial charge in [0, 0.05) is 17.5 Å². The normalized spacial score (nSPS) is 29.1. The molecule has 2 fully saturated rings. The van der Waals surface area contributed by atoms with Gasteiger partial charge >= 0.3 is 0 Å². The van der Waals surface area contributed by atoms with Crippen molar-refractivity contribution in [1.29, 1.82) is 0 Å². The first-order valence-corrected chi connectivity index (χ1v) is 7.33. The van der Waals surface area contributed by atoms with Gasteiger partial charge in [-0.25, -0.2) is 0 Å². The molecule has 3 heterocycles. The van der Waals surface area contributed by atoms with Crippen molar-refractivity contribution in [2.24, 2.45) is 0 Å². The average Bonchev–Trinajstić information content (AvgIpc) is 2.70. The average molecular weight is 269 g/mol. The van der Waals surface area contributed by atoms with Crippen LogP contribution in [-0.2, 0) is 0 Å². The largest absolute Gasteiger partial charge is 0.396 e. The molecule has 104 valence electrons. The maximum absolute atomic E-state index is 9.97. The van der Waals surface area contributed by atoms with E-state index in [4.69, 9.17) is 5.73 Å². The topological polar surface area (TPSA) is 62.4 Å². The number of fused-ring (bicyclic) bond motifs is 3. The molecule has 0 saturated carbocycles. The van der Waals surface area contributed by atoms with Gasteiger partial charge in [0.1, 0.15) is 0 Å². The van der Waals surface area contributed by atoms with E-state index in [1.165, 1.54) is 0 Å². The molecule has 2 bridgehead atoms. The minimum Gasteiger partial charge on any atom is -0.396 e. The molecule has 0 aliphatic carbocycles. The smallest absolute Gasteiger partial charge is 0.0745 e. The third kappa shape index (κ3) is 1.68. The number of aliphatic hydroxyl groups excluding tert-OH is 1. The van der Waals surface area contributed by atoms with Crippen LogP contribution in [0.5, 0.6) is 0 Å². The quantitative estimate of drug-likeness (QED) is 0.834. The Labute approximate surface area is 118 Å². The van der Waals surface area contributed by atoms with Crippen molar-refractivity contribution in [2.45, 2.75) is 43.9 Å².